The van der Waals surface area contributed by atoms with Crippen LogP contribution in [0.15, 0.2) is 59.7 Å². The van der Waals surface area contributed by atoms with Gasteiger partial charge >= 0.3 is 0 Å². The van der Waals surface area contributed by atoms with Gasteiger partial charge in [-0.3, -0.25) is 4.79 Å². The second-order valence-electron chi connectivity index (χ2n) is 5.55. The van der Waals surface area contributed by atoms with Crippen molar-refractivity contribution in [3.8, 4) is 0 Å². The lowest BCUT2D eigenvalue weighted by Crippen LogP contribution is -2.28. The molecule has 130 valence electrons. The number of benzene rings is 2. The topological polar surface area (TPSA) is 93.6 Å². The monoisotopic (exact) mass is 338 g/mol. The van der Waals surface area contributed by atoms with Crippen LogP contribution in [0.5, 0.6) is 0 Å². The minimum atomic E-state index is -1.16. The van der Waals surface area contributed by atoms with Gasteiger partial charge in [0.2, 0.25) is 0 Å². The fourth-order valence-electron chi connectivity index (χ4n) is 2.14. The van der Waals surface area contributed by atoms with Crippen LogP contribution in [0.3, 0.4) is 0 Å². The summed E-state index contributed by atoms with van der Waals surface area (Å²) in [6.45, 7) is 2.05. The Morgan fingerprint density at radius 2 is 1.68 bits per heavy atom. The van der Waals surface area contributed by atoms with Crippen molar-refractivity contribution in [2.75, 3.05) is 11.9 Å². The SMILES string of the molecule is Cc1ccc(NCC(=O)N/N=C(/CCC(=O)[O-])c2ccccc2)cc1. The molecule has 6 nitrogen and oxygen atoms in total. The van der Waals surface area contributed by atoms with Gasteiger partial charge in [0.05, 0.1) is 12.3 Å². The number of carboxylic acids is 1. The zero-order valence-electron chi connectivity index (χ0n) is 14.0. The molecule has 2 aromatic carbocycles. The van der Waals surface area contributed by atoms with Crippen LogP contribution < -0.4 is 15.8 Å². The van der Waals surface area contributed by atoms with E-state index >= 15 is 0 Å². The highest BCUT2D eigenvalue weighted by molar-refractivity contribution is 6.02. The van der Waals surface area contributed by atoms with Gasteiger partial charge in [0.25, 0.3) is 5.91 Å². The lowest BCUT2D eigenvalue weighted by atomic mass is 10.1. The Kier molecular flexibility index (Phi) is 6.71. The Balaban J connectivity index is 1.95. The first-order valence-electron chi connectivity index (χ1n) is 7.96. The number of hydrazone groups is 1. The number of amides is 1. The zero-order valence-corrected chi connectivity index (χ0v) is 14.0. The molecule has 6 heteroatoms. The van der Waals surface area contributed by atoms with Crippen molar-refractivity contribution in [3.63, 3.8) is 0 Å². The number of nitrogens with zero attached hydrogens (tertiary/aromatic N) is 1. The Bertz CT molecular complexity index is 740. The molecule has 1 amide bonds. The van der Waals surface area contributed by atoms with Crippen molar-refractivity contribution >= 4 is 23.3 Å². The van der Waals surface area contributed by atoms with Crippen molar-refractivity contribution < 1.29 is 14.7 Å². The molecule has 0 atom stereocenters. The van der Waals surface area contributed by atoms with Gasteiger partial charge in [-0.2, -0.15) is 5.10 Å². The van der Waals surface area contributed by atoms with Gasteiger partial charge in [-0.1, -0.05) is 48.0 Å². The van der Waals surface area contributed by atoms with E-state index in [4.69, 9.17) is 0 Å². The van der Waals surface area contributed by atoms with Crippen LogP contribution in [0.1, 0.15) is 24.0 Å². The number of nitrogens with one attached hydrogen (secondary N) is 2. The molecule has 0 heterocycles. The van der Waals surface area contributed by atoms with E-state index in [0.29, 0.717) is 5.71 Å². The van der Waals surface area contributed by atoms with Crippen LogP contribution >= 0.6 is 0 Å². The molecule has 0 aromatic heterocycles. The molecule has 0 unspecified atom stereocenters. The molecule has 2 aromatic rings. The summed E-state index contributed by atoms with van der Waals surface area (Å²) in [6.07, 6.45) is 0.0171. The van der Waals surface area contributed by atoms with E-state index in [2.05, 4.69) is 15.8 Å². The molecule has 0 aliphatic carbocycles. The minimum absolute atomic E-state index is 0.0646. The number of carbonyl (C=O) groups excluding carboxylic acids is 2. The number of aliphatic carboxylic acids is 1. The number of carboxylic acid groups (broad SMARTS) is 1. The molecule has 0 saturated carbocycles. The second kappa shape index (κ2) is 9.22. The summed E-state index contributed by atoms with van der Waals surface area (Å²) in [7, 11) is 0. The Hall–Kier alpha value is -3.15. The summed E-state index contributed by atoms with van der Waals surface area (Å²) in [5, 5.41) is 17.8. The first kappa shape index (κ1) is 18.2. The number of aryl methyl sites for hydroxylation is 1. The normalized spacial score (nSPS) is 11.0. The number of hydrogen-bond donors (Lipinski definition) is 2. The molecule has 0 bridgehead atoms. The third kappa shape index (κ3) is 6.47. The van der Waals surface area contributed by atoms with Crippen molar-refractivity contribution in [2.45, 2.75) is 19.8 Å². The summed E-state index contributed by atoms with van der Waals surface area (Å²) in [6, 6.07) is 16.8. The number of anilines is 1. The van der Waals surface area contributed by atoms with E-state index in [1.165, 1.54) is 0 Å². The first-order valence-corrected chi connectivity index (χ1v) is 7.96. The molecule has 0 aliphatic rings. The van der Waals surface area contributed by atoms with E-state index in [1.54, 1.807) is 0 Å². The molecule has 2 N–H and O–H groups in total. The van der Waals surface area contributed by atoms with Crippen LogP contribution in [-0.4, -0.2) is 24.1 Å². The lowest BCUT2D eigenvalue weighted by Gasteiger charge is -2.09. The average Bonchev–Trinajstić information content (AvgIpc) is 2.62. The molecule has 0 fully saturated rings. The van der Waals surface area contributed by atoms with Crippen LogP contribution in [0, 0.1) is 6.92 Å². The Morgan fingerprint density at radius 1 is 1.00 bits per heavy atom. The smallest absolute Gasteiger partial charge is 0.259 e. The van der Waals surface area contributed by atoms with Gasteiger partial charge in [0.15, 0.2) is 0 Å². The van der Waals surface area contributed by atoms with Gasteiger partial charge in [-0.15, -0.1) is 0 Å². The third-order valence-corrected chi connectivity index (χ3v) is 3.49. The van der Waals surface area contributed by atoms with Crippen LogP contribution in [0.4, 0.5) is 5.69 Å². The van der Waals surface area contributed by atoms with E-state index in [9.17, 15) is 14.7 Å². The molecule has 0 spiro atoms. The molecule has 2 rings (SSSR count). The number of carbonyl (C=O) groups is 2. The molecule has 0 saturated heterocycles. The number of hydrogen-bond acceptors (Lipinski definition) is 5. The summed E-state index contributed by atoms with van der Waals surface area (Å²) in [4.78, 5) is 22.6. The van der Waals surface area contributed by atoms with Gasteiger partial charge in [0, 0.05) is 11.7 Å². The maximum atomic E-state index is 11.9. The van der Waals surface area contributed by atoms with Crippen molar-refractivity contribution in [1.82, 2.24) is 5.43 Å². The van der Waals surface area contributed by atoms with Gasteiger partial charge in [-0.25, -0.2) is 5.43 Å². The van der Waals surface area contributed by atoms with Crippen molar-refractivity contribution in [2.24, 2.45) is 5.10 Å². The molecule has 0 radical (unpaired) electrons. The highest BCUT2D eigenvalue weighted by Crippen LogP contribution is 2.08. The van der Waals surface area contributed by atoms with E-state index in [1.807, 2.05) is 61.5 Å². The Morgan fingerprint density at radius 3 is 2.32 bits per heavy atom. The average molecular weight is 338 g/mol. The molecule has 0 aliphatic heterocycles. The lowest BCUT2D eigenvalue weighted by molar-refractivity contribution is -0.305. The van der Waals surface area contributed by atoms with Crippen molar-refractivity contribution in [1.29, 1.82) is 0 Å². The fraction of sp³-hybridized carbons (Fsp3) is 0.211. The predicted molar refractivity (Wildman–Crippen MR) is 95.0 cm³/mol. The quantitative estimate of drug-likeness (QED) is 0.563. The largest absolute Gasteiger partial charge is 0.550 e. The van der Waals surface area contributed by atoms with E-state index in [-0.39, 0.29) is 25.3 Å². The second-order valence-corrected chi connectivity index (χ2v) is 5.55. The molecular weight excluding hydrogens is 318 g/mol. The third-order valence-electron chi connectivity index (χ3n) is 3.49. The van der Waals surface area contributed by atoms with E-state index < -0.39 is 5.97 Å². The summed E-state index contributed by atoms with van der Waals surface area (Å²) >= 11 is 0. The Labute approximate surface area is 146 Å². The maximum absolute atomic E-state index is 11.9. The first-order chi connectivity index (χ1) is 12.0. The highest BCUT2D eigenvalue weighted by Gasteiger charge is 2.06. The zero-order chi connectivity index (χ0) is 18.1. The molecule has 25 heavy (non-hydrogen) atoms. The summed E-state index contributed by atoms with van der Waals surface area (Å²) in [5.41, 5.74) is 5.69. The maximum Gasteiger partial charge on any atom is 0.259 e. The number of rotatable bonds is 8. The van der Waals surface area contributed by atoms with Crippen LogP contribution in [0.25, 0.3) is 0 Å². The van der Waals surface area contributed by atoms with Gasteiger partial charge in [0.1, 0.15) is 0 Å². The van der Waals surface area contributed by atoms with Gasteiger partial charge in [-0.05, 0) is 37.5 Å². The standard InChI is InChI=1S/C19H21N3O3/c1-14-7-9-16(10-8-14)20-13-18(23)22-21-17(11-12-19(24)25)15-5-3-2-4-6-15/h2-10,20H,11-13H2,1H3,(H,22,23)(H,24,25)/p-1/b21-17-. The fourth-order valence-corrected chi connectivity index (χ4v) is 2.14. The summed E-state index contributed by atoms with van der Waals surface area (Å²) < 4.78 is 0. The van der Waals surface area contributed by atoms with Crippen LogP contribution in [-0.2, 0) is 9.59 Å². The van der Waals surface area contributed by atoms with Crippen molar-refractivity contribution in [3.05, 3.63) is 65.7 Å². The minimum Gasteiger partial charge on any atom is -0.550 e. The van der Waals surface area contributed by atoms with Gasteiger partial charge < -0.3 is 15.2 Å². The van der Waals surface area contributed by atoms with E-state index in [0.717, 1.165) is 16.8 Å². The summed E-state index contributed by atoms with van der Waals surface area (Å²) in [5.74, 6) is -1.47. The van der Waals surface area contributed by atoms with Crippen LogP contribution in [0.2, 0.25) is 0 Å². The molecular formula is C19H20N3O3-. The highest BCUT2D eigenvalue weighted by atomic mass is 16.4. The predicted octanol–water partition coefficient (Wildman–Crippen LogP) is 1.46.